The van der Waals surface area contributed by atoms with Crippen LogP contribution in [0.2, 0.25) is 0 Å². The molecule has 1 heterocycles. The van der Waals surface area contributed by atoms with Crippen LogP contribution < -0.4 is 0 Å². The van der Waals surface area contributed by atoms with Gasteiger partial charge in [-0.15, -0.1) is 0 Å². The van der Waals surface area contributed by atoms with Crippen LogP contribution in [-0.4, -0.2) is 16.8 Å². The molecule has 2 unspecified atom stereocenters. The zero-order valence-corrected chi connectivity index (χ0v) is 22.5. The van der Waals surface area contributed by atoms with Gasteiger partial charge in [0.25, 0.3) is 0 Å². The highest BCUT2D eigenvalue weighted by Gasteiger charge is 2.35. The Kier molecular flexibility index (Phi) is 10.3. The summed E-state index contributed by atoms with van der Waals surface area (Å²) in [5.74, 6) is 1.50. The molecule has 4 rings (SSSR count). The van der Waals surface area contributed by atoms with Gasteiger partial charge in [-0.2, -0.15) is 0 Å². The van der Waals surface area contributed by atoms with Crippen LogP contribution in [0.1, 0.15) is 69.7 Å². The third kappa shape index (κ3) is 7.07. The molecule has 1 aliphatic rings. The Morgan fingerprint density at radius 2 is 1.36 bits per heavy atom. The minimum atomic E-state index is 0.116. The van der Waals surface area contributed by atoms with E-state index < -0.39 is 0 Å². The van der Waals surface area contributed by atoms with Crippen molar-refractivity contribution in [3.63, 3.8) is 0 Å². The molecule has 3 aromatic rings. The SMILES string of the molecule is C=C(C)Cc1ccccc1.C=C1C(CCC)C(CC)N=C(C)N1C(c1ccccc1)c1ccccc1. The zero-order chi connectivity index (χ0) is 25.9. The van der Waals surface area contributed by atoms with Gasteiger partial charge in [-0.05, 0) is 49.8 Å². The average molecular weight is 479 g/mol. The van der Waals surface area contributed by atoms with Crippen molar-refractivity contribution < 1.29 is 0 Å². The van der Waals surface area contributed by atoms with Crippen LogP contribution in [0.15, 0.2) is 120 Å². The van der Waals surface area contributed by atoms with Crippen LogP contribution in [-0.2, 0) is 6.42 Å². The predicted octanol–water partition coefficient (Wildman–Crippen LogP) is 9.02. The Labute approximate surface area is 219 Å². The van der Waals surface area contributed by atoms with Gasteiger partial charge in [-0.1, -0.05) is 130 Å². The maximum Gasteiger partial charge on any atom is 0.101 e. The van der Waals surface area contributed by atoms with Crippen molar-refractivity contribution in [2.75, 3.05) is 0 Å². The molecule has 0 fully saturated rings. The minimum absolute atomic E-state index is 0.116. The molecule has 2 atom stereocenters. The Balaban J connectivity index is 0.000000303. The summed E-state index contributed by atoms with van der Waals surface area (Å²) >= 11 is 0. The molecule has 1 aliphatic heterocycles. The van der Waals surface area contributed by atoms with Gasteiger partial charge in [-0.3, -0.25) is 4.99 Å². The lowest BCUT2D eigenvalue weighted by molar-refractivity contribution is 0.297. The molecule has 0 spiro atoms. The molecular weight excluding hydrogens is 436 g/mol. The van der Waals surface area contributed by atoms with Crippen LogP contribution in [0, 0.1) is 5.92 Å². The van der Waals surface area contributed by atoms with Gasteiger partial charge in [0.05, 0.1) is 12.1 Å². The molecule has 3 aromatic carbocycles. The molecule has 0 N–H and O–H groups in total. The van der Waals surface area contributed by atoms with Crippen molar-refractivity contribution in [2.45, 2.75) is 65.5 Å². The van der Waals surface area contributed by atoms with E-state index in [4.69, 9.17) is 4.99 Å². The predicted molar refractivity (Wildman–Crippen MR) is 156 cm³/mol. The first-order chi connectivity index (χ1) is 17.5. The Hall–Kier alpha value is -3.39. The number of allylic oxidation sites excluding steroid dienone is 1. The second kappa shape index (κ2) is 13.6. The van der Waals surface area contributed by atoms with E-state index in [0.717, 1.165) is 31.5 Å². The number of nitrogens with zero attached hydrogens (tertiary/aromatic N) is 2. The molecule has 0 saturated carbocycles. The lowest BCUT2D eigenvalue weighted by Crippen LogP contribution is -2.43. The number of benzene rings is 3. The van der Waals surface area contributed by atoms with Crippen LogP contribution in [0.3, 0.4) is 0 Å². The summed E-state index contributed by atoms with van der Waals surface area (Å²) in [5.41, 5.74) is 6.32. The van der Waals surface area contributed by atoms with Crippen LogP contribution in [0.25, 0.3) is 0 Å². The number of hydrogen-bond acceptors (Lipinski definition) is 2. The van der Waals surface area contributed by atoms with Gasteiger partial charge in [0.2, 0.25) is 0 Å². The van der Waals surface area contributed by atoms with Gasteiger partial charge in [-0.25, -0.2) is 0 Å². The quantitative estimate of drug-likeness (QED) is 0.295. The minimum Gasteiger partial charge on any atom is -0.323 e. The number of aliphatic imine (C=N–C) groups is 1. The lowest BCUT2D eigenvalue weighted by Gasteiger charge is -2.43. The van der Waals surface area contributed by atoms with Gasteiger partial charge in [0.1, 0.15) is 5.84 Å². The third-order valence-corrected chi connectivity index (χ3v) is 6.76. The second-order valence-electron chi connectivity index (χ2n) is 9.75. The molecular formula is C34H42N2. The van der Waals surface area contributed by atoms with Crippen LogP contribution >= 0.6 is 0 Å². The van der Waals surface area contributed by atoms with Gasteiger partial charge in [0, 0.05) is 11.6 Å². The summed E-state index contributed by atoms with van der Waals surface area (Å²) in [7, 11) is 0. The average Bonchev–Trinajstić information content (AvgIpc) is 2.89. The highest BCUT2D eigenvalue weighted by atomic mass is 15.3. The maximum atomic E-state index is 5.09. The summed E-state index contributed by atoms with van der Waals surface area (Å²) in [6, 6.07) is 32.3. The highest BCUT2D eigenvalue weighted by Crippen LogP contribution is 2.39. The normalized spacial score (nSPS) is 17.3. The Morgan fingerprint density at radius 1 is 0.861 bits per heavy atom. The van der Waals surface area contributed by atoms with Crippen molar-refractivity contribution in [3.8, 4) is 0 Å². The fourth-order valence-electron chi connectivity index (χ4n) is 5.10. The zero-order valence-electron chi connectivity index (χ0n) is 22.5. The van der Waals surface area contributed by atoms with E-state index in [1.165, 1.54) is 28.0 Å². The molecule has 36 heavy (non-hydrogen) atoms. The van der Waals surface area contributed by atoms with Crippen LogP contribution in [0.4, 0.5) is 0 Å². The molecule has 188 valence electrons. The number of hydrogen-bond donors (Lipinski definition) is 0. The van der Waals surface area contributed by atoms with E-state index in [1.807, 2.05) is 13.0 Å². The molecule has 0 saturated heterocycles. The Morgan fingerprint density at radius 3 is 1.81 bits per heavy atom. The van der Waals surface area contributed by atoms with Gasteiger partial charge in [0.15, 0.2) is 0 Å². The number of rotatable bonds is 8. The van der Waals surface area contributed by atoms with Gasteiger partial charge < -0.3 is 4.90 Å². The topological polar surface area (TPSA) is 15.6 Å². The summed E-state index contributed by atoms with van der Waals surface area (Å²) in [6.07, 6.45) is 4.36. The van der Waals surface area contributed by atoms with E-state index in [2.05, 4.69) is 124 Å². The summed E-state index contributed by atoms with van der Waals surface area (Å²) in [6.45, 7) is 17.1. The maximum absolute atomic E-state index is 5.09. The fourth-order valence-corrected chi connectivity index (χ4v) is 5.10. The van der Waals surface area contributed by atoms with E-state index in [-0.39, 0.29) is 6.04 Å². The molecule has 0 bridgehead atoms. The molecule has 0 aromatic heterocycles. The first-order valence-corrected chi connectivity index (χ1v) is 13.3. The molecule has 0 aliphatic carbocycles. The van der Waals surface area contributed by atoms with Gasteiger partial charge >= 0.3 is 0 Å². The second-order valence-corrected chi connectivity index (χ2v) is 9.75. The van der Waals surface area contributed by atoms with E-state index in [1.54, 1.807) is 0 Å². The fraction of sp³-hybridized carbons (Fsp3) is 0.324. The Bertz CT molecular complexity index is 1080. The van der Waals surface area contributed by atoms with Crippen LogP contribution in [0.5, 0.6) is 0 Å². The largest absolute Gasteiger partial charge is 0.323 e. The summed E-state index contributed by atoms with van der Waals surface area (Å²) < 4.78 is 0. The smallest absolute Gasteiger partial charge is 0.101 e. The highest BCUT2D eigenvalue weighted by molar-refractivity contribution is 5.83. The van der Waals surface area contributed by atoms with Crippen molar-refractivity contribution >= 4 is 5.84 Å². The lowest BCUT2D eigenvalue weighted by atomic mass is 9.86. The number of amidine groups is 1. The molecule has 2 heteroatoms. The van der Waals surface area contributed by atoms with E-state index >= 15 is 0 Å². The molecule has 2 nitrogen and oxygen atoms in total. The first-order valence-electron chi connectivity index (χ1n) is 13.3. The van der Waals surface area contributed by atoms with Crippen molar-refractivity contribution in [3.05, 3.63) is 132 Å². The van der Waals surface area contributed by atoms with Crippen molar-refractivity contribution in [1.29, 1.82) is 0 Å². The van der Waals surface area contributed by atoms with E-state index in [0.29, 0.717) is 12.0 Å². The monoisotopic (exact) mass is 478 g/mol. The standard InChI is InChI=1S/C24H30N2.C10H12/c1-5-13-22-18(3)26(19(4)25-23(22)6-2)24(20-14-9-7-10-15-20)21-16-11-8-12-17-21;1-9(2)8-10-6-4-3-5-7-10/h7-12,14-17,22-24H,3,5-6,13H2,1-2,4H3;3-7H,1,8H2,2H3. The van der Waals surface area contributed by atoms with E-state index in [9.17, 15) is 0 Å². The molecule has 0 radical (unpaired) electrons. The van der Waals surface area contributed by atoms with Crippen molar-refractivity contribution in [2.24, 2.45) is 10.9 Å². The summed E-state index contributed by atoms with van der Waals surface area (Å²) in [4.78, 5) is 7.46. The third-order valence-electron chi connectivity index (χ3n) is 6.76. The van der Waals surface area contributed by atoms with Crippen molar-refractivity contribution in [1.82, 2.24) is 4.90 Å². The first kappa shape index (κ1) is 27.2. The molecule has 0 amide bonds. The summed E-state index contributed by atoms with van der Waals surface area (Å²) in [5, 5.41) is 0.